The van der Waals surface area contributed by atoms with Crippen LogP contribution in [-0.2, 0) is 39.3 Å². The average Bonchev–Trinajstić information content (AvgIpc) is 3.49. The van der Waals surface area contributed by atoms with Crippen molar-refractivity contribution in [3.8, 4) is 11.1 Å². The Morgan fingerprint density at radius 2 is 1.71 bits per heavy atom. The summed E-state index contributed by atoms with van der Waals surface area (Å²) in [6.45, 7) is 0.399. The van der Waals surface area contributed by atoms with Crippen LogP contribution in [-0.4, -0.2) is 48.7 Å². The van der Waals surface area contributed by atoms with Crippen LogP contribution >= 0.6 is 11.8 Å². The minimum absolute atomic E-state index is 0.00538. The number of aliphatic carboxylic acids is 1. The zero-order valence-electron chi connectivity index (χ0n) is 25.2. The molecule has 4 aromatic rings. The van der Waals surface area contributed by atoms with Gasteiger partial charge < -0.3 is 29.6 Å². The second-order valence-corrected chi connectivity index (χ2v) is 12.1. The molecule has 10 nitrogen and oxygen atoms in total. The van der Waals surface area contributed by atoms with Crippen molar-refractivity contribution in [2.75, 3.05) is 5.75 Å². The van der Waals surface area contributed by atoms with Gasteiger partial charge in [0.25, 0.3) is 0 Å². The molecule has 11 heteroatoms. The summed E-state index contributed by atoms with van der Waals surface area (Å²) in [6.07, 6.45) is 2.99. The monoisotopic (exact) mass is 630 g/mol. The lowest BCUT2D eigenvalue weighted by molar-refractivity contribution is -0.245. The minimum Gasteiger partial charge on any atom is -0.481 e. The summed E-state index contributed by atoms with van der Waals surface area (Å²) in [6, 6.07) is 24.0. The summed E-state index contributed by atoms with van der Waals surface area (Å²) in [5.41, 5.74) is 5.84. The lowest BCUT2D eigenvalue weighted by Gasteiger charge is -2.36. The van der Waals surface area contributed by atoms with Gasteiger partial charge in [-0.1, -0.05) is 78.5 Å². The van der Waals surface area contributed by atoms with Crippen LogP contribution in [0.4, 0.5) is 0 Å². The topological polar surface area (TPSA) is 136 Å². The van der Waals surface area contributed by atoms with Crippen LogP contribution in [0, 0.1) is 0 Å². The number of aliphatic hydroxyl groups is 1. The molecule has 45 heavy (non-hydrogen) atoms. The Morgan fingerprint density at radius 1 is 0.956 bits per heavy atom. The Hall–Kier alpha value is -4.03. The highest BCUT2D eigenvalue weighted by Gasteiger charge is 2.32. The second kappa shape index (κ2) is 15.8. The Kier molecular flexibility index (Phi) is 11.4. The maximum atomic E-state index is 12.2. The van der Waals surface area contributed by atoms with Gasteiger partial charge in [0.2, 0.25) is 5.91 Å². The number of rotatable bonds is 14. The van der Waals surface area contributed by atoms with Gasteiger partial charge in [-0.2, -0.15) is 0 Å². The van der Waals surface area contributed by atoms with Crippen LogP contribution in [0.15, 0.2) is 84.3 Å². The van der Waals surface area contributed by atoms with Crippen LogP contribution in [0.3, 0.4) is 0 Å². The summed E-state index contributed by atoms with van der Waals surface area (Å²) >= 11 is 1.60. The number of nitrogens with one attached hydrogen (secondary N) is 1. The molecule has 236 valence electrons. The SMILES string of the molecule is Cn1cnnc1SCC1CC(c2ccc(CO)cc2)OC(c2ccc(-c3cccc(CNC(=O)CCCCC(=O)O)c3)cc2)O1. The molecule has 5 rings (SSSR count). The number of ether oxygens (including phenoxy) is 2. The van der Waals surface area contributed by atoms with Crippen molar-refractivity contribution >= 4 is 23.6 Å². The highest BCUT2D eigenvalue weighted by Crippen LogP contribution is 2.39. The third-order valence-electron chi connectivity index (χ3n) is 7.66. The van der Waals surface area contributed by atoms with Gasteiger partial charge in [0.05, 0.1) is 18.8 Å². The fourth-order valence-electron chi connectivity index (χ4n) is 5.14. The van der Waals surface area contributed by atoms with Gasteiger partial charge in [-0.05, 0) is 46.7 Å². The number of carboxylic acids is 1. The highest BCUT2D eigenvalue weighted by molar-refractivity contribution is 7.99. The molecule has 0 bridgehead atoms. The van der Waals surface area contributed by atoms with Gasteiger partial charge >= 0.3 is 5.97 Å². The number of carbonyl (C=O) groups is 2. The average molecular weight is 631 g/mol. The number of benzene rings is 3. The quantitative estimate of drug-likeness (QED) is 0.121. The fourth-order valence-corrected chi connectivity index (χ4v) is 6.04. The minimum atomic E-state index is -0.841. The molecule has 0 radical (unpaired) electrons. The number of thioether (sulfide) groups is 1. The molecule has 3 atom stereocenters. The van der Waals surface area contributed by atoms with Crippen molar-refractivity contribution in [3.05, 3.63) is 101 Å². The number of aromatic nitrogens is 3. The van der Waals surface area contributed by atoms with Gasteiger partial charge in [0, 0.05) is 44.2 Å². The van der Waals surface area contributed by atoms with Gasteiger partial charge in [-0.3, -0.25) is 9.59 Å². The molecular weight excluding hydrogens is 592 g/mol. The van der Waals surface area contributed by atoms with E-state index in [9.17, 15) is 14.7 Å². The van der Waals surface area contributed by atoms with Gasteiger partial charge in [0.15, 0.2) is 11.4 Å². The predicted molar refractivity (Wildman–Crippen MR) is 170 cm³/mol. The Labute approximate surface area is 266 Å². The van der Waals surface area contributed by atoms with E-state index in [1.807, 2.05) is 78.3 Å². The summed E-state index contributed by atoms with van der Waals surface area (Å²) in [5.74, 6) is -0.230. The molecule has 0 saturated carbocycles. The molecule has 3 aromatic carbocycles. The molecular formula is C34H38N4O6S. The number of carbonyl (C=O) groups excluding carboxylic acids is 1. The van der Waals surface area contributed by atoms with Crippen molar-refractivity contribution in [1.29, 1.82) is 0 Å². The lowest BCUT2D eigenvalue weighted by Crippen LogP contribution is -2.31. The molecule has 3 N–H and O–H groups in total. The lowest BCUT2D eigenvalue weighted by atomic mass is 9.99. The zero-order chi connectivity index (χ0) is 31.6. The van der Waals surface area contributed by atoms with E-state index < -0.39 is 12.3 Å². The van der Waals surface area contributed by atoms with Crippen LogP contribution < -0.4 is 5.32 Å². The maximum Gasteiger partial charge on any atom is 0.303 e. The Bertz CT molecular complexity index is 1560. The van der Waals surface area contributed by atoms with E-state index in [1.165, 1.54) is 0 Å². The molecule has 3 unspecified atom stereocenters. The predicted octanol–water partition coefficient (Wildman–Crippen LogP) is 5.57. The summed E-state index contributed by atoms with van der Waals surface area (Å²) in [4.78, 5) is 22.8. The molecule has 1 aliphatic heterocycles. The van der Waals surface area contributed by atoms with E-state index in [4.69, 9.17) is 14.6 Å². The first-order chi connectivity index (χ1) is 21.9. The standard InChI is InChI=1S/C34H38N4O6S/c1-38-22-36-37-34(38)45-21-29-18-30(26-11-9-23(20-39)10-12-26)44-33(43-29)27-15-13-25(14-16-27)28-6-4-5-24(17-28)19-35-31(40)7-2-3-8-32(41)42/h4-6,9-17,22,29-30,33,39H,2-3,7-8,18-21H2,1H3,(H,35,40)(H,41,42). The van der Waals surface area contributed by atoms with Crippen molar-refractivity contribution < 1.29 is 29.3 Å². The smallest absolute Gasteiger partial charge is 0.303 e. The first kappa shape index (κ1) is 32.4. The molecule has 1 fully saturated rings. The summed E-state index contributed by atoms with van der Waals surface area (Å²) in [7, 11) is 1.92. The third-order valence-corrected chi connectivity index (χ3v) is 8.83. The number of aliphatic hydroxyl groups excluding tert-OH is 1. The molecule has 0 aliphatic carbocycles. The molecule has 2 heterocycles. The van der Waals surface area contributed by atoms with Gasteiger partial charge in [0.1, 0.15) is 6.33 Å². The molecule has 0 spiro atoms. The van der Waals surface area contributed by atoms with Gasteiger partial charge in [-0.15, -0.1) is 10.2 Å². The highest BCUT2D eigenvalue weighted by atomic mass is 32.2. The van der Waals surface area contributed by atoms with Crippen molar-refractivity contribution in [1.82, 2.24) is 20.1 Å². The number of carboxylic acid groups (broad SMARTS) is 1. The Morgan fingerprint density at radius 3 is 2.42 bits per heavy atom. The first-order valence-electron chi connectivity index (χ1n) is 15.0. The van der Waals surface area contributed by atoms with E-state index in [2.05, 4.69) is 21.6 Å². The number of nitrogens with zero attached hydrogens (tertiary/aromatic N) is 3. The van der Waals surface area contributed by atoms with Gasteiger partial charge in [-0.25, -0.2) is 0 Å². The van der Waals surface area contributed by atoms with Crippen LogP contribution in [0.5, 0.6) is 0 Å². The molecule has 1 saturated heterocycles. The summed E-state index contributed by atoms with van der Waals surface area (Å²) in [5, 5.41) is 30.1. The number of aryl methyl sites for hydroxylation is 1. The third kappa shape index (κ3) is 9.24. The first-order valence-corrected chi connectivity index (χ1v) is 16.0. The van der Waals surface area contributed by atoms with E-state index in [0.29, 0.717) is 38.0 Å². The van der Waals surface area contributed by atoms with Crippen molar-refractivity contribution in [2.45, 2.75) is 68.9 Å². The maximum absolute atomic E-state index is 12.2. The molecule has 1 aliphatic rings. The fraction of sp³-hybridized carbons (Fsp3) is 0.353. The van der Waals surface area contributed by atoms with Crippen LogP contribution in [0.2, 0.25) is 0 Å². The van der Waals surface area contributed by atoms with Crippen LogP contribution in [0.25, 0.3) is 11.1 Å². The number of unbranched alkanes of at least 4 members (excludes halogenated alkanes) is 1. The number of hydrogen-bond acceptors (Lipinski definition) is 8. The van der Waals surface area contributed by atoms with E-state index in [0.717, 1.165) is 38.5 Å². The largest absolute Gasteiger partial charge is 0.481 e. The van der Waals surface area contributed by atoms with E-state index in [-0.39, 0.29) is 31.1 Å². The normalized spacial score (nSPS) is 18.0. The molecule has 1 amide bonds. The second-order valence-electron chi connectivity index (χ2n) is 11.1. The Balaban J connectivity index is 1.24. The van der Waals surface area contributed by atoms with Crippen LogP contribution in [0.1, 0.15) is 66.8 Å². The number of amides is 1. The zero-order valence-corrected chi connectivity index (χ0v) is 26.0. The van der Waals surface area contributed by atoms with E-state index >= 15 is 0 Å². The number of hydrogen-bond donors (Lipinski definition) is 3. The summed E-state index contributed by atoms with van der Waals surface area (Å²) < 4.78 is 14.8. The van der Waals surface area contributed by atoms with E-state index in [1.54, 1.807) is 18.1 Å². The molecule has 1 aromatic heterocycles. The van der Waals surface area contributed by atoms with Crippen molar-refractivity contribution in [3.63, 3.8) is 0 Å². The van der Waals surface area contributed by atoms with Crippen molar-refractivity contribution in [2.24, 2.45) is 7.05 Å².